The zero-order valence-corrected chi connectivity index (χ0v) is 15.1. The van der Waals surface area contributed by atoms with E-state index in [2.05, 4.69) is 10.4 Å². The Bertz CT molecular complexity index is 834. The molecule has 0 atom stereocenters. The van der Waals surface area contributed by atoms with Gasteiger partial charge < -0.3 is 10.4 Å². The second-order valence-electron chi connectivity index (χ2n) is 7.03. The molecule has 9 heteroatoms. The molecule has 0 spiro atoms. The lowest BCUT2D eigenvalue weighted by Crippen LogP contribution is -2.30. The third-order valence-corrected chi connectivity index (χ3v) is 3.76. The Morgan fingerprint density at radius 3 is 2.22 bits per heavy atom. The summed E-state index contributed by atoms with van der Waals surface area (Å²) >= 11 is 0. The van der Waals surface area contributed by atoms with E-state index in [1.165, 1.54) is 12.1 Å². The molecule has 1 amide bonds. The van der Waals surface area contributed by atoms with Crippen molar-refractivity contribution in [3.63, 3.8) is 0 Å². The van der Waals surface area contributed by atoms with Crippen molar-refractivity contribution in [2.45, 2.75) is 45.3 Å². The zero-order chi connectivity index (χ0) is 20.4. The van der Waals surface area contributed by atoms with Crippen LogP contribution in [0.4, 0.5) is 18.9 Å². The molecule has 27 heavy (non-hydrogen) atoms. The van der Waals surface area contributed by atoms with Crippen LogP contribution >= 0.6 is 0 Å². The van der Waals surface area contributed by atoms with Gasteiger partial charge in [-0.3, -0.25) is 14.3 Å². The van der Waals surface area contributed by atoms with E-state index in [1.54, 1.807) is 32.9 Å². The number of aryl methyl sites for hydroxylation is 1. The average Bonchev–Trinajstić information content (AvgIpc) is 3.00. The maximum atomic E-state index is 13.5. The number of amides is 1. The molecule has 6 nitrogen and oxygen atoms in total. The summed E-state index contributed by atoms with van der Waals surface area (Å²) in [5.41, 5.74) is -1.57. The van der Waals surface area contributed by atoms with Crippen LogP contribution in [0.5, 0.6) is 0 Å². The average molecular weight is 383 g/mol. The first-order chi connectivity index (χ1) is 12.4. The molecule has 1 heterocycles. The van der Waals surface area contributed by atoms with Crippen LogP contribution in [0.1, 0.15) is 48.8 Å². The highest BCUT2D eigenvalue weighted by Gasteiger charge is 2.42. The van der Waals surface area contributed by atoms with E-state index in [1.807, 2.05) is 0 Å². The number of carbonyl (C=O) groups excluding carboxylic acids is 1. The highest BCUT2D eigenvalue weighted by molar-refractivity contribution is 6.05. The fourth-order valence-electron chi connectivity index (χ4n) is 2.50. The first-order valence-electron chi connectivity index (χ1n) is 8.17. The number of anilines is 1. The van der Waals surface area contributed by atoms with Gasteiger partial charge in [-0.2, -0.15) is 18.3 Å². The fraction of sp³-hybridized carbons (Fsp3) is 0.389. The monoisotopic (exact) mass is 383 g/mol. The molecule has 1 aromatic carbocycles. The van der Waals surface area contributed by atoms with Gasteiger partial charge in [0.1, 0.15) is 0 Å². The van der Waals surface area contributed by atoms with Crippen LogP contribution in [0.25, 0.3) is 0 Å². The predicted octanol–water partition coefficient (Wildman–Crippen LogP) is 3.93. The van der Waals surface area contributed by atoms with Crippen LogP contribution < -0.4 is 5.32 Å². The quantitative estimate of drug-likeness (QED) is 0.820. The van der Waals surface area contributed by atoms with Gasteiger partial charge in [0.25, 0.3) is 5.91 Å². The summed E-state index contributed by atoms with van der Waals surface area (Å²) in [5.74, 6) is -1.85. The minimum absolute atomic E-state index is 0.0351. The number of halogens is 3. The highest BCUT2D eigenvalue weighted by atomic mass is 19.4. The molecule has 1 aromatic heterocycles. The summed E-state index contributed by atoms with van der Waals surface area (Å²) in [7, 11) is 0. The number of nitrogens with one attached hydrogen (secondary N) is 1. The molecule has 2 aromatic rings. The number of rotatable bonds is 5. The number of aromatic nitrogens is 2. The predicted molar refractivity (Wildman–Crippen MR) is 92.6 cm³/mol. The van der Waals surface area contributed by atoms with Crippen LogP contribution in [0.3, 0.4) is 0 Å². The Balaban J connectivity index is 2.24. The molecule has 2 rings (SSSR count). The first kappa shape index (κ1) is 20.5. The third-order valence-electron chi connectivity index (χ3n) is 3.76. The summed E-state index contributed by atoms with van der Waals surface area (Å²) in [6, 6.07) is 6.25. The van der Waals surface area contributed by atoms with Crippen molar-refractivity contribution < 1.29 is 27.9 Å². The van der Waals surface area contributed by atoms with E-state index in [-0.39, 0.29) is 6.42 Å². The van der Waals surface area contributed by atoms with Gasteiger partial charge in [-0.05, 0) is 44.9 Å². The molecular weight excluding hydrogens is 363 g/mol. The maximum Gasteiger partial charge on any atom is 0.433 e. The molecule has 0 aliphatic carbocycles. The summed E-state index contributed by atoms with van der Waals surface area (Å²) in [6.45, 7) is 4.69. The Kier molecular flexibility index (Phi) is 5.62. The van der Waals surface area contributed by atoms with Crippen molar-refractivity contribution in [2.24, 2.45) is 0 Å². The van der Waals surface area contributed by atoms with E-state index in [0.29, 0.717) is 12.1 Å². The van der Waals surface area contributed by atoms with E-state index in [9.17, 15) is 22.8 Å². The van der Waals surface area contributed by atoms with Gasteiger partial charge >= 0.3 is 12.1 Å². The number of carboxylic acids is 1. The van der Waals surface area contributed by atoms with Gasteiger partial charge in [-0.1, -0.05) is 12.1 Å². The van der Waals surface area contributed by atoms with Gasteiger partial charge in [0, 0.05) is 12.1 Å². The molecule has 0 saturated heterocycles. The Morgan fingerprint density at radius 1 is 1.15 bits per heavy atom. The van der Waals surface area contributed by atoms with E-state index in [0.717, 1.165) is 16.4 Å². The van der Waals surface area contributed by atoms with Crippen LogP contribution in [-0.4, -0.2) is 26.8 Å². The Hall–Kier alpha value is -2.84. The lowest BCUT2D eigenvalue weighted by Gasteiger charge is -2.23. The second-order valence-corrected chi connectivity index (χ2v) is 7.03. The van der Waals surface area contributed by atoms with Crippen molar-refractivity contribution in [1.82, 2.24) is 9.78 Å². The largest absolute Gasteiger partial charge is 0.481 e. The number of hydrogen-bond donors (Lipinski definition) is 2. The molecule has 0 aliphatic heterocycles. The normalized spacial score (nSPS) is 12.1. The van der Waals surface area contributed by atoms with Gasteiger partial charge in [0.2, 0.25) is 0 Å². The zero-order valence-electron chi connectivity index (χ0n) is 15.1. The van der Waals surface area contributed by atoms with Crippen LogP contribution in [0.2, 0.25) is 0 Å². The molecule has 0 fully saturated rings. The number of hydrogen-bond acceptors (Lipinski definition) is 3. The number of carbonyl (C=O) groups is 2. The van der Waals surface area contributed by atoms with Gasteiger partial charge in [-0.15, -0.1) is 0 Å². The van der Waals surface area contributed by atoms with E-state index >= 15 is 0 Å². The highest BCUT2D eigenvalue weighted by Crippen LogP contribution is 2.35. The molecular formula is C18H20F3N3O3. The van der Waals surface area contributed by atoms with Crippen LogP contribution in [0.15, 0.2) is 30.5 Å². The third kappa shape index (κ3) is 5.08. The van der Waals surface area contributed by atoms with Gasteiger partial charge in [0.15, 0.2) is 5.69 Å². The summed E-state index contributed by atoms with van der Waals surface area (Å²) < 4.78 is 41.2. The van der Waals surface area contributed by atoms with Crippen molar-refractivity contribution in [1.29, 1.82) is 0 Å². The first-order valence-corrected chi connectivity index (χ1v) is 8.17. The topological polar surface area (TPSA) is 84.2 Å². The van der Waals surface area contributed by atoms with Crippen LogP contribution in [0, 0.1) is 0 Å². The Morgan fingerprint density at radius 2 is 1.74 bits per heavy atom. The Labute approximate surface area is 154 Å². The molecule has 2 N–H and O–H groups in total. The SMILES string of the molecule is CC(C)(C)n1ncc(C(=O)Nc2ccc(CCC(=O)O)cc2)c1C(F)(F)F. The van der Waals surface area contributed by atoms with Crippen molar-refractivity contribution in [3.8, 4) is 0 Å². The number of carboxylic acid groups (broad SMARTS) is 1. The fourth-order valence-corrected chi connectivity index (χ4v) is 2.50. The molecule has 0 unspecified atom stereocenters. The molecule has 0 bridgehead atoms. The number of alkyl halides is 3. The second kappa shape index (κ2) is 7.42. The summed E-state index contributed by atoms with van der Waals surface area (Å²) in [4.78, 5) is 23.0. The van der Waals surface area contributed by atoms with E-state index in [4.69, 9.17) is 5.11 Å². The lowest BCUT2D eigenvalue weighted by molar-refractivity contribution is -0.146. The van der Waals surface area contributed by atoms with Crippen molar-refractivity contribution >= 4 is 17.6 Å². The van der Waals surface area contributed by atoms with Gasteiger partial charge in [0.05, 0.1) is 17.3 Å². The smallest absolute Gasteiger partial charge is 0.433 e. The van der Waals surface area contributed by atoms with Crippen molar-refractivity contribution in [3.05, 3.63) is 47.3 Å². The standard InChI is InChI=1S/C18H20F3N3O3/c1-17(2,3)24-15(18(19,20)21)13(10-22-24)16(27)23-12-7-4-11(5-8-12)6-9-14(25)26/h4-5,7-8,10H,6,9H2,1-3H3,(H,23,27)(H,25,26). The molecule has 146 valence electrons. The molecule has 0 saturated carbocycles. The minimum Gasteiger partial charge on any atom is -0.481 e. The number of nitrogens with zero attached hydrogens (tertiary/aromatic N) is 2. The number of benzene rings is 1. The summed E-state index contributed by atoms with van der Waals surface area (Å²) in [5, 5.41) is 14.8. The molecule has 0 radical (unpaired) electrons. The van der Waals surface area contributed by atoms with Crippen molar-refractivity contribution in [2.75, 3.05) is 5.32 Å². The summed E-state index contributed by atoms with van der Waals surface area (Å²) in [6.07, 6.45) is -3.55. The minimum atomic E-state index is -4.74. The molecule has 0 aliphatic rings. The maximum absolute atomic E-state index is 13.5. The van der Waals surface area contributed by atoms with Crippen LogP contribution in [-0.2, 0) is 22.9 Å². The van der Waals surface area contributed by atoms with E-state index < -0.39 is 34.8 Å². The lowest BCUT2D eigenvalue weighted by atomic mass is 10.1. The number of aliphatic carboxylic acids is 1. The van der Waals surface area contributed by atoms with Gasteiger partial charge in [-0.25, -0.2) is 0 Å².